The van der Waals surface area contributed by atoms with Crippen molar-refractivity contribution in [1.82, 2.24) is 24.8 Å². The molecule has 2 bridgehead atoms. The van der Waals surface area contributed by atoms with Gasteiger partial charge < -0.3 is 33.5 Å². The van der Waals surface area contributed by atoms with E-state index in [-0.39, 0.29) is 50.4 Å². The summed E-state index contributed by atoms with van der Waals surface area (Å²) in [5, 5.41) is -0.136. The van der Waals surface area contributed by atoms with Gasteiger partial charge in [-0.1, -0.05) is 24.3 Å². The van der Waals surface area contributed by atoms with Crippen molar-refractivity contribution in [3.63, 3.8) is 0 Å². The normalized spacial score (nSPS) is 22.2. The van der Waals surface area contributed by atoms with E-state index in [4.69, 9.17) is 28.7 Å². The second kappa shape index (κ2) is 18.5. The monoisotopic (exact) mass is 981 g/mol. The first-order valence-corrected chi connectivity index (χ1v) is 23.1. The van der Waals surface area contributed by atoms with E-state index in [0.29, 0.717) is 35.5 Å². The van der Waals surface area contributed by atoms with Gasteiger partial charge >= 0.3 is 18.3 Å². The number of piperazine rings is 1. The number of ether oxygens (including phenoxy) is 5. The number of carbonyl (C=O) groups excluding carboxylic acids is 1. The second-order valence-corrected chi connectivity index (χ2v) is 19.4. The molecule has 2 aromatic heterocycles. The summed E-state index contributed by atoms with van der Waals surface area (Å²) in [6.07, 6.45) is -6.80. The average molecular weight is 982 g/mol. The van der Waals surface area contributed by atoms with Crippen LogP contribution in [0.15, 0.2) is 48.5 Å². The van der Waals surface area contributed by atoms with Gasteiger partial charge in [0.25, 0.3) is 0 Å². The number of hydrogen-bond donors (Lipinski definition) is 0. The molecule has 0 saturated carbocycles. The highest BCUT2D eigenvalue weighted by molar-refractivity contribution is 5.98. The predicted octanol–water partition coefficient (Wildman–Crippen LogP) is 9.82. The zero-order valence-electron chi connectivity index (χ0n) is 40.0. The van der Waals surface area contributed by atoms with Crippen molar-refractivity contribution >= 4 is 28.5 Å². The van der Waals surface area contributed by atoms with Crippen molar-refractivity contribution in [3.05, 3.63) is 88.2 Å². The highest BCUT2D eigenvalue weighted by Gasteiger charge is 2.54. The number of fused-ring (bicyclic) bond motifs is 5. The molecule has 3 fully saturated rings. The molecular weight excluding hydrogens is 928 g/mol. The molecule has 13 nitrogen and oxygen atoms in total. The van der Waals surface area contributed by atoms with Crippen LogP contribution in [0.25, 0.3) is 22.2 Å². The van der Waals surface area contributed by atoms with Crippen LogP contribution in [0, 0.1) is 24.4 Å². The Labute approximate surface area is 400 Å². The number of likely N-dealkylation sites (tertiary alicyclic amines) is 1. The van der Waals surface area contributed by atoms with Crippen LogP contribution in [-0.4, -0.2) is 114 Å². The van der Waals surface area contributed by atoms with Crippen molar-refractivity contribution in [3.8, 4) is 34.6 Å². The number of carbonyl (C=O) groups is 1. The van der Waals surface area contributed by atoms with E-state index in [2.05, 4.69) is 9.97 Å². The molecule has 374 valence electrons. The lowest BCUT2D eigenvalue weighted by molar-refractivity contribution is -0.137. The minimum atomic E-state index is -5.44. The molecule has 1 amide bonds. The Bertz CT molecular complexity index is 2750. The number of alkyl halides is 4. The molecule has 3 saturated heterocycles. The molecule has 0 spiro atoms. The van der Waals surface area contributed by atoms with Crippen LogP contribution in [0.1, 0.15) is 69.2 Å². The number of nitrogens with zero attached hydrogens (tertiary/aromatic N) is 7. The number of rotatable bonds is 11. The Morgan fingerprint density at radius 1 is 0.871 bits per heavy atom. The minimum absolute atomic E-state index is 0.0591. The Hall–Kier alpha value is -6.31. The van der Waals surface area contributed by atoms with Gasteiger partial charge in [-0.25, -0.2) is 27.3 Å². The third-order valence-corrected chi connectivity index (χ3v) is 13.6. The van der Waals surface area contributed by atoms with Crippen molar-refractivity contribution < 1.29 is 59.2 Å². The zero-order chi connectivity index (χ0) is 50.1. The van der Waals surface area contributed by atoms with Gasteiger partial charge in [0, 0.05) is 32.2 Å². The molecule has 6 heterocycles. The summed E-state index contributed by atoms with van der Waals surface area (Å²) in [6, 6.07) is 10.7. The van der Waals surface area contributed by atoms with Crippen LogP contribution in [0.5, 0.6) is 23.4 Å². The molecule has 0 radical (unpaired) electrons. The van der Waals surface area contributed by atoms with Crippen molar-refractivity contribution in [2.45, 2.75) is 115 Å². The standard InChI is InChI=1S/C50H54F7N7O6/c1-25-37(50(55,56)57)35(39(53)44(38(25)52)62(20-27-9-14-32(66-7)15-10-27)21-28-11-16-33(67-8)17-12-28)41-40(54)42-36-45(60-47(59-42)68-24-31-19-29(51)22-61(31)6)63-23-30-13-18-34(43(63)26(2)69-46(36)58-41)64(30)48(65)70-49(3,4)5/h9-12,14-17,26,29-31,34,43H,13,18-24H2,1-8H3/t26-,29+,30+,31-,34-,43+/m0/s1. The highest BCUT2D eigenvalue weighted by atomic mass is 19.4. The fraction of sp³-hybridized carbons (Fsp3) is 0.480. The molecule has 6 atom stereocenters. The van der Waals surface area contributed by atoms with Crippen LogP contribution in [0.2, 0.25) is 0 Å². The topological polar surface area (TPSA) is 115 Å². The SMILES string of the molecule is COc1ccc(CN(Cc2ccc(OC)cc2)c2c(F)c(C)c(C(F)(F)F)c(-c3nc4c5c(nc(OC[C@@H]6C[C@@H](F)CN6C)nc5c3F)N3C[C@H]5CC[C@@H]([C@H]3[C@H](C)O4)N5C(=O)OC(C)(C)C)c2F)cc1. The second-order valence-electron chi connectivity index (χ2n) is 19.4. The lowest BCUT2D eigenvalue weighted by Gasteiger charge is -2.48. The van der Waals surface area contributed by atoms with E-state index < -0.39 is 117 Å². The summed E-state index contributed by atoms with van der Waals surface area (Å²) in [5.74, 6) is -4.12. The minimum Gasteiger partial charge on any atom is -0.497 e. The summed E-state index contributed by atoms with van der Waals surface area (Å²) in [5.41, 5.74) is -6.59. The maximum absolute atomic E-state index is 18.0. The van der Waals surface area contributed by atoms with Crippen LogP contribution >= 0.6 is 0 Å². The fourth-order valence-corrected chi connectivity index (χ4v) is 10.4. The number of pyridine rings is 1. The van der Waals surface area contributed by atoms with Gasteiger partial charge in [-0.2, -0.15) is 23.1 Å². The first kappa shape index (κ1) is 48.7. The van der Waals surface area contributed by atoms with Gasteiger partial charge in [0.2, 0.25) is 5.88 Å². The maximum Gasteiger partial charge on any atom is 0.417 e. The van der Waals surface area contributed by atoms with Crippen molar-refractivity contribution in [2.24, 2.45) is 0 Å². The van der Waals surface area contributed by atoms with Gasteiger partial charge in [0.05, 0.1) is 43.5 Å². The molecular formula is C50H54F7N7O6. The van der Waals surface area contributed by atoms with E-state index in [0.717, 1.165) is 6.92 Å². The zero-order valence-corrected chi connectivity index (χ0v) is 40.0. The van der Waals surface area contributed by atoms with Crippen LogP contribution in [0.3, 0.4) is 0 Å². The van der Waals surface area contributed by atoms with E-state index in [1.807, 2.05) is 4.90 Å². The first-order chi connectivity index (χ1) is 33.1. The van der Waals surface area contributed by atoms with Crippen LogP contribution < -0.4 is 28.7 Å². The molecule has 3 aromatic carbocycles. The van der Waals surface area contributed by atoms with Gasteiger partial charge in [-0.3, -0.25) is 9.80 Å². The number of methoxy groups -OCH3 is 2. The molecule has 4 aliphatic rings. The van der Waals surface area contributed by atoms with Gasteiger partial charge in [0.1, 0.15) is 64.1 Å². The van der Waals surface area contributed by atoms with Crippen molar-refractivity contribution in [1.29, 1.82) is 0 Å². The number of hydrogen-bond acceptors (Lipinski definition) is 12. The Morgan fingerprint density at radius 3 is 2.06 bits per heavy atom. The molecule has 0 N–H and O–H groups in total. The largest absolute Gasteiger partial charge is 0.497 e. The quantitative estimate of drug-likeness (QED) is 0.117. The third-order valence-electron chi connectivity index (χ3n) is 13.6. The van der Waals surface area contributed by atoms with Crippen molar-refractivity contribution in [2.75, 3.05) is 50.8 Å². The fourth-order valence-electron chi connectivity index (χ4n) is 10.4. The van der Waals surface area contributed by atoms with Gasteiger partial charge in [-0.05, 0) is 102 Å². The summed E-state index contributed by atoms with van der Waals surface area (Å²) < 4.78 is 143. The van der Waals surface area contributed by atoms with E-state index >= 15 is 26.3 Å². The van der Waals surface area contributed by atoms with Crippen LogP contribution in [0.4, 0.5) is 47.0 Å². The highest BCUT2D eigenvalue weighted by Crippen LogP contribution is 2.50. The maximum atomic E-state index is 18.0. The number of aromatic nitrogens is 3. The summed E-state index contributed by atoms with van der Waals surface area (Å²) in [4.78, 5) is 33.8. The number of likely N-dealkylation sites (N-methyl/N-ethyl adjacent to an activating group) is 1. The molecule has 5 aromatic rings. The van der Waals surface area contributed by atoms with E-state index in [1.165, 1.54) is 19.1 Å². The number of anilines is 2. The summed E-state index contributed by atoms with van der Waals surface area (Å²) >= 11 is 0. The molecule has 0 aliphatic carbocycles. The Morgan fingerprint density at radius 2 is 1.50 bits per heavy atom. The molecule has 20 heteroatoms. The van der Waals surface area contributed by atoms with Crippen LogP contribution in [-0.2, 0) is 24.0 Å². The number of benzene rings is 3. The first-order valence-electron chi connectivity index (χ1n) is 23.1. The summed E-state index contributed by atoms with van der Waals surface area (Å²) in [7, 11) is 4.66. The van der Waals surface area contributed by atoms with Gasteiger partial charge in [0.15, 0.2) is 17.5 Å². The average Bonchev–Trinajstić information content (AvgIpc) is 3.76. The van der Waals surface area contributed by atoms with E-state index in [9.17, 15) is 9.18 Å². The molecule has 4 aliphatic heterocycles. The summed E-state index contributed by atoms with van der Waals surface area (Å²) in [6.45, 7) is 7.53. The Balaban J connectivity index is 1.24. The van der Waals surface area contributed by atoms with E-state index in [1.54, 1.807) is 93.1 Å². The number of halogens is 7. The smallest absolute Gasteiger partial charge is 0.417 e. The number of amides is 1. The predicted molar refractivity (Wildman–Crippen MR) is 246 cm³/mol. The third kappa shape index (κ3) is 9.02. The lowest BCUT2D eigenvalue weighted by atomic mass is 9.94. The molecule has 0 unspecified atom stereocenters. The Kier molecular flexibility index (Phi) is 12.8. The molecule has 70 heavy (non-hydrogen) atoms. The molecule has 9 rings (SSSR count). The lowest BCUT2D eigenvalue weighted by Crippen LogP contribution is -2.65. The van der Waals surface area contributed by atoms with Gasteiger partial charge in [-0.15, -0.1) is 0 Å².